The molecule has 8 nitrogen and oxygen atoms in total. The Morgan fingerprint density at radius 3 is 2.23 bits per heavy atom. The smallest absolute Gasteiger partial charge is 0.192 e. The first-order valence-electron chi connectivity index (χ1n) is 14.9. The van der Waals surface area contributed by atoms with Gasteiger partial charge in [0, 0.05) is 21.5 Å². The van der Waals surface area contributed by atoms with Gasteiger partial charge in [-0.1, -0.05) is 80.2 Å². The number of allylic oxidation sites excluding steroid dienone is 2. The van der Waals surface area contributed by atoms with Crippen LogP contribution in [0.2, 0.25) is 0 Å². The van der Waals surface area contributed by atoms with E-state index in [0.717, 1.165) is 78.6 Å². The third-order valence-electron chi connectivity index (χ3n) is 10.5. The molecule has 2 aromatic heterocycles. The van der Waals surface area contributed by atoms with Crippen LogP contribution in [-0.4, -0.2) is 41.6 Å². The summed E-state index contributed by atoms with van der Waals surface area (Å²) in [4.78, 5) is 22.1. The van der Waals surface area contributed by atoms with Gasteiger partial charge in [-0.15, -0.1) is 4.58 Å². The molecule has 3 unspecified atom stereocenters. The van der Waals surface area contributed by atoms with Gasteiger partial charge in [0.2, 0.25) is 22.6 Å². The molecule has 0 saturated carbocycles. The number of amidine groups is 4. The predicted molar refractivity (Wildman–Crippen MR) is 164 cm³/mol. The molecule has 5 aromatic rings. The van der Waals surface area contributed by atoms with E-state index in [9.17, 15) is 0 Å². The fraction of sp³-hybridized carbons (Fsp3) is 0.143. The quantitative estimate of drug-likeness (QED) is 0.255. The standard InChI is InChI=1S/C35H22N8/c1-17-9-7-15-23-25(17)33-38-29-21-13-5-6-14-22(21)30-39-34-26-18(2)10-8-16-24(26)32-37-28-20-12-4-3-11-19(20)27-36-31(23)42(33)35(40(27)28,41(29)30)43(32)34/h3-16,23,25H,1-2H3/q+2. The Morgan fingerprint density at radius 1 is 0.721 bits per heavy atom. The van der Waals surface area contributed by atoms with E-state index in [1.54, 1.807) is 0 Å². The van der Waals surface area contributed by atoms with Gasteiger partial charge in [-0.2, -0.15) is 13.7 Å². The van der Waals surface area contributed by atoms with Crippen molar-refractivity contribution in [3.63, 3.8) is 0 Å². The van der Waals surface area contributed by atoms with Gasteiger partial charge in [0.05, 0.1) is 23.0 Å². The van der Waals surface area contributed by atoms with E-state index < -0.39 is 5.91 Å². The molecule has 0 amide bonds. The number of fused-ring (bicyclic) bond motifs is 12. The normalized spacial score (nSPS) is 25.6. The highest BCUT2D eigenvalue weighted by atomic mass is 15.7. The van der Waals surface area contributed by atoms with E-state index >= 15 is 0 Å². The lowest BCUT2D eigenvalue weighted by atomic mass is 9.83. The lowest BCUT2D eigenvalue weighted by Gasteiger charge is -2.41. The summed E-state index contributed by atoms with van der Waals surface area (Å²) in [5.74, 6) is 5.07. The van der Waals surface area contributed by atoms with Crippen molar-refractivity contribution < 1.29 is 9.15 Å². The van der Waals surface area contributed by atoms with Crippen molar-refractivity contribution in [1.29, 1.82) is 0 Å². The van der Waals surface area contributed by atoms with Crippen molar-refractivity contribution in [3.8, 4) is 0 Å². The van der Waals surface area contributed by atoms with E-state index in [-0.39, 0.29) is 11.8 Å². The van der Waals surface area contributed by atoms with Crippen LogP contribution in [0.1, 0.15) is 23.6 Å². The first kappa shape index (κ1) is 21.2. The van der Waals surface area contributed by atoms with Gasteiger partial charge in [-0.05, 0) is 49.7 Å². The second kappa shape index (κ2) is 6.44. The molecule has 1 spiro atoms. The molecular formula is C35H22N8+2. The molecule has 12 rings (SSSR count). The second-order valence-electron chi connectivity index (χ2n) is 12.4. The van der Waals surface area contributed by atoms with Crippen LogP contribution in [0.3, 0.4) is 0 Å². The number of rotatable bonds is 0. The first-order valence-corrected chi connectivity index (χ1v) is 14.9. The van der Waals surface area contributed by atoms with Crippen LogP contribution < -0.4 is 11.0 Å². The Bertz CT molecular complexity index is 2650. The van der Waals surface area contributed by atoms with Crippen LogP contribution in [-0.2, 0) is 5.91 Å². The topological polar surface area (TPSA) is 65.3 Å². The molecule has 6 aliphatic heterocycles. The third-order valence-corrected chi connectivity index (χ3v) is 10.5. The van der Waals surface area contributed by atoms with Crippen LogP contribution in [0.5, 0.6) is 0 Å². The van der Waals surface area contributed by atoms with E-state index in [1.165, 1.54) is 11.1 Å². The average molecular weight is 555 g/mol. The average Bonchev–Trinajstić information content (AvgIpc) is 3.74. The fourth-order valence-electron chi connectivity index (χ4n) is 8.82. The number of aromatic nitrogens is 2. The first-order chi connectivity index (χ1) is 21.2. The zero-order valence-corrected chi connectivity index (χ0v) is 23.3. The number of hydrogen-bond acceptors (Lipinski definition) is 4. The molecule has 7 aliphatic rings. The lowest BCUT2D eigenvalue weighted by molar-refractivity contribution is -0.791. The molecule has 0 bridgehead atoms. The number of hydrogen-bond donors (Lipinski definition) is 0. The maximum absolute atomic E-state index is 5.55. The van der Waals surface area contributed by atoms with Gasteiger partial charge in [0.1, 0.15) is 0 Å². The molecule has 0 fully saturated rings. The number of nitrogens with zero attached hydrogens (tertiary/aromatic N) is 8. The molecule has 8 heteroatoms. The number of benzene rings is 3. The zero-order chi connectivity index (χ0) is 27.9. The maximum Gasteiger partial charge on any atom is 0.404 e. The SMILES string of the molecule is CC1=CC=CC2C3=[N+]4C(=Nc5c6ccccc6c6n5C45n4c(c7ccccc7c4=N3)=NC3=[N+]5C(=N6)c4c(C)cccc43)C12. The van der Waals surface area contributed by atoms with Crippen molar-refractivity contribution in [1.82, 2.24) is 9.13 Å². The molecule has 1 aliphatic carbocycles. The minimum absolute atomic E-state index is 0.0830. The van der Waals surface area contributed by atoms with Crippen molar-refractivity contribution in [3.05, 3.63) is 118 Å². The van der Waals surface area contributed by atoms with Gasteiger partial charge in [-0.3, -0.25) is 0 Å². The van der Waals surface area contributed by atoms with E-state index in [1.807, 2.05) is 0 Å². The summed E-state index contributed by atoms with van der Waals surface area (Å²) in [7, 11) is 0. The minimum Gasteiger partial charge on any atom is -0.192 e. The summed E-state index contributed by atoms with van der Waals surface area (Å²) in [5.41, 5.74) is 6.60. The summed E-state index contributed by atoms with van der Waals surface area (Å²) >= 11 is 0. The van der Waals surface area contributed by atoms with E-state index in [0.29, 0.717) is 0 Å². The molecule has 43 heavy (non-hydrogen) atoms. The summed E-state index contributed by atoms with van der Waals surface area (Å²) in [6.45, 7) is 4.41. The second-order valence-corrected chi connectivity index (χ2v) is 12.4. The third kappa shape index (κ3) is 1.97. The van der Waals surface area contributed by atoms with Crippen LogP contribution in [0, 0.1) is 18.8 Å². The molecule has 200 valence electrons. The zero-order valence-electron chi connectivity index (χ0n) is 23.3. The Hall–Kier alpha value is -5.50. The lowest BCUT2D eigenvalue weighted by Crippen LogP contribution is -2.71. The van der Waals surface area contributed by atoms with Gasteiger partial charge < -0.3 is 0 Å². The summed E-state index contributed by atoms with van der Waals surface area (Å²) in [6.07, 6.45) is 6.72. The number of aryl methyl sites for hydroxylation is 1. The summed E-state index contributed by atoms with van der Waals surface area (Å²) in [6, 6.07) is 23.7. The largest absolute Gasteiger partial charge is 0.404 e. The Labute approximate surface area is 244 Å². The molecule has 0 N–H and O–H groups in total. The minimum atomic E-state index is -0.896. The molecule has 8 heterocycles. The molecule has 0 radical (unpaired) electrons. The van der Waals surface area contributed by atoms with Gasteiger partial charge in [0.15, 0.2) is 0 Å². The predicted octanol–water partition coefficient (Wildman–Crippen LogP) is 4.37. The number of aliphatic imine (C=N–C) groups is 2. The van der Waals surface area contributed by atoms with Gasteiger partial charge in [0.25, 0.3) is 23.3 Å². The van der Waals surface area contributed by atoms with Gasteiger partial charge in [-0.25, -0.2) is 0 Å². The van der Waals surface area contributed by atoms with Crippen LogP contribution in [0.25, 0.3) is 21.5 Å². The van der Waals surface area contributed by atoms with Crippen molar-refractivity contribution in [2.75, 3.05) is 0 Å². The van der Waals surface area contributed by atoms with E-state index in [4.69, 9.17) is 20.0 Å². The van der Waals surface area contributed by atoms with Crippen molar-refractivity contribution >= 4 is 56.5 Å². The summed E-state index contributed by atoms with van der Waals surface area (Å²) < 4.78 is 9.58. The molecule has 3 aromatic carbocycles. The van der Waals surface area contributed by atoms with Crippen LogP contribution in [0.4, 0.5) is 11.6 Å². The Balaban J connectivity index is 1.42. The Morgan fingerprint density at radius 2 is 1.44 bits per heavy atom. The summed E-state index contributed by atoms with van der Waals surface area (Å²) in [5, 5.41) is 4.42. The maximum atomic E-state index is 5.55. The van der Waals surface area contributed by atoms with Gasteiger partial charge >= 0.3 is 5.91 Å². The highest BCUT2D eigenvalue weighted by molar-refractivity contribution is 6.18. The molecule has 0 saturated heterocycles. The van der Waals surface area contributed by atoms with Crippen molar-refractivity contribution in [2.24, 2.45) is 31.8 Å². The van der Waals surface area contributed by atoms with Crippen LogP contribution >= 0.6 is 0 Å². The molecular weight excluding hydrogens is 532 g/mol. The van der Waals surface area contributed by atoms with Crippen molar-refractivity contribution in [2.45, 2.75) is 19.8 Å². The van der Waals surface area contributed by atoms with Crippen LogP contribution in [0.15, 0.2) is 111 Å². The highest BCUT2D eigenvalue weighted by Crippen LogP contribution is 2.54. The monoisotopic (exact) mass is 554 g/mol. The highest BCUT2D eigenvalue weighted by Gasteiger charge is 2.71. The fourth-order valence-corrected chi connectivity index (χ4v) is 8.82. The molecule has 3 atom stereocenters. The Kier molecular flexibility index (Phi) is 3.18. The van der Waals surface area contributed by atoms with E-state index in [2.05, 4.69) is 117 Å².